The van der Waals surface area contributed by atoms with Crippen molar-refractivity contribution in [3.8, 4) is 0 Å². The van der Waals surface area contributed by atoms with Gasteiger partial charge in [0.25, 0.3) is 0 Å². The van der Waals surface area contributed by atoms with E-state index in [1.54, 1.807) is 6.08 Å². The fraction of sp³-hybridized carbons (Fsp3) is 0.750. The Kier molecular flexibility index (Phi) is 14.7. The Morgan fingerprint density at radius 1 is 1.19 bits per heavy atom. The second-order valence-corrected chi connectivity index (χ2v) is 7.03. The van der Waals surface area contributed by atoms with Crippen molar-refractivity contribution in [2.45, 2.75) is 83.0 Å². The summed E-state index contributed by atoms with van der Waals surface area (Å²) in [5, 5.41) is 40.7. The molecule has 1 rings (SSSR count). The maximum Gasteiger partial charge on any atom is 1.00 e. The largest absolute Gasteiger partial charge is 1.00 e. The third-order valence-corrected chi connectivity index (χ3v) is 4.90. The van der Waals surface area contributed by atoms with E-state index in [1.807, 2.05) is 18.2 Å². The molecule has 3 N–H and O–H groups in total. The summed E-state index contributed by atoms with van der Waals surface area (Å²) in [5.74, 6) is -1.28. The van der Waals surface area contributed by atoms with Gasteiger partial charge in [-0.15, -0.1) is 0 Å². The Morgan fingerprint density at radius 3 is 2.58 bits per heavy atom. The second-order valence-electron chi connectivity index (χ2n) is 7.03. The summed E-state index contributed by atoms with van der Waals surface area (Å²) in [5.41, 5.74) is 0. The first kappa shape index (κ1) is 25.8. The summed E-state index contributed by atoms with van der Waals surface area (Å²) in [6.07, 6.45) is 12.0. The summed E-state index contributed by atoms with van der Waals surface area (Å²) >= 11 is 0. The van der Waals surface area contributed by atoms with Gasteiger partial charge in [-0.05, 0) is 38.0 Å². The van der Waals surface area contributed by atoms with Crippen molar-refractivity contribution in [2.24, 2.45) is 11.8 Å². The zero-order valence-electron chi connectivity index (χ0n) is 16.2. The molecule has 0 aromatic carbocycles. The topological polar surface area (TPSA) is 101 Å². The molecule has 1 aliphatic carbocycles. The summed E-state index contributed by atoms with van der Waals surface area (Å²) < 4.78 is 0. The van der Waals surface area contributed by atoms with Crippen molar-refractivity contribution in [3.05, 3.63) is 24.3 Å². The van der Waals surface area contributed by atoms with Crippen LogP contribution in [0, 0.1) is 11.8 Å². The number of hydrogen-bond acceptors (Lipinski definition) is 5. The SMILES string of the molecule is CCCCCC(O)C=C[C@H]1C(O)CC(O)[C@@H]1CC=CCCCC(=O)[O-].[Na+]. The Bertz CT molecular complexity index is 438. The predicted octanol–water partition coefficient (Wildman–Crippen LogP) is -1.29. The second kappa shape index (κ2) is 14.8. The van der Waals surface area contributed by atoms with Crippen molar-refractivity contribution in [1.29, 1.82) is 0 Å². The van der Waals surface area contributed by atoms with Crippen molar-refractivity contribution < 1.29 is 54.8 Å². The molecule has 0 saturated heterocycles. The van der Waals surface area contributed by atoms with Gasteiger partial charge in [-0.25, -0.2) is 0 Å². The van der Waals surface area contributed by atoms with Crippen LogP contribution in [0.5, 0.6) is 0 Å². The third kappa shape index (κ3) is 10.2. The number of aliphatic hydroxyl groups excluding tert-OH is 3. The molecule has 1 aliphatic rings. The van der Waals surface area contributed by atoms with E-state index in [4.69, 9.17) is 0 Å². The van der Waals surface area contributed by atoms with Gasteiger partial charge in [-0.3, -0.25) is 0 Å². The monoisotopic (exact) mass is 376 g/mol. The van der Waals surface area contributed by atoms with Crippen molar-refractivity contribution in [1.82, 2.24) is 0 Å². The fourth-order valence-corrected chi connectivity index (χ4v) is 3.40. The number of allylic oxidation sites excluding steroid dienone is 2. The Morgan fingerprint density at radius 2 is 1.92 bits per heavy atom. The van der Waals surface area contributed by atoms with Gasteiger partial charge in [0.1, 0.15) is 0 Å². The normalized spacial score (nSPS) is 27.1. The fourth-order valence-electron chi connectivity index (χ4n) is 3.40. The van der Waals surface area contributed by atoms with E-state index >= 15 is 0 Å². The van der Waals surface area contributed by atoms with Crippen LogP contribution < -0.4 is 34.7 Å². The van der Waals surface area contributed by atoms with Gasteiger partial charge in [0.2, 0.25) is 0 Å². The summed E-state index contributed by atoms with van der Waals surface area (Å²) in [6.45, 7) is 2.12. The first-order chi connectivity index (χ1) is 12.0. The minimum Gasteiger partial charge on any atom is -0.550 e. The number of carboxylic acid groups (broad SMARTS) is 1. The predicted molar refractivity (Wildman–Crippen MR) is 95.5 cm³/mol. The van der Waals surface area contributed by atoms with Gasteiger partial charge in [0.05, 0.1) is 18.3 Å². The van der Waals surface area contributed by atoms with Gasteiger partial charge in [-0.1, -0.05) is 50.5 Å². The number of carbonyl (C=O) groups excluding carboxylic acids is 1. The average Bonchev–Trinajstić information content (AvgIpc) is 2.82. The molecule has 3 unspecified atom stereocenters. The van der Waals surface area contributed by atoms with Crippen LogP contribution in [-0.4, -0.2) is 39.6 Å². The molecule has 26 heavy (non-hydrogen) atoms. The molecule has 1 saturated carbocycles. The van der Waals surface area contributed by atoms with Gasteiger partial charge in [0, 0.05) is 18.3 Å². The Hall–Kier alpha value is -0.170. The quantitative estimate of drug-likeness (QED) is 0.224. The third-order valence-electron chi connectivity index (χ3n) is 4.90. The molecule has 0 bridgehead atoms. The van der Waals surface area contributed by atoms with Crippen molar-refractivity contribution in [3.63, 3.8) is 0 Å². The molecular weight excluding hydrogens is 343 g/mol. The standard InChI is InChI=1S/C20H34O5.Na/c1-2-3-6-9-15(21)12-13-17-16(18(22)14-19(17)23)10-7-4-5-8-11-20(24)25;/h4,7,12-13,15-19,21-23H,2-3,5-6,8-11,14H2,1H3,(H,24,25);/q;+1/p-1/t15?,16-,17-,18?,19?;/m1./s1. The van der Waals surface area contributed by atoms with E-state index in [1.165, 1.54) is 0 Å². The average molecular weight is 376 g/mol. The number of hydrogen-bond donors (Lipinski definition) is 3. The maximum atomic E-state index is 10.3. The molecule has 0 aromatic rings. The van der Waals surface area contributed by atoms with E-state index in [2.05, 4.69) is 6.92 Å². The van der Waals surface area contributed by atoms with Gasteiger partial charge < -0.3 is 25.2 Å². The van der Waals surface area contributed by atoms with Crippen LogP contribution in [0.15, 0.2) is 24.3 Å². The van der Waals surface area contributed by atoms with E-state index in [-0.39, 0.29) is 47.8 Å². The first-order valence-electron chi connectivity index (χ1n) is 9.53. The molecule has 0 amide bonds. The first-order valence-corrected chi connectivity index (χ1v) is 9.53. The molecule has 6 heteroatoms. The molecule has 144 valence electrons. The van der Waals surface area contributed by atoms with Crippen LogP contribution in [0.2, 0.25) is 0 Å². The molecule has 0 heterocycles. The number of unbranched alkanes of at least 4 members (excludes halogenated alkanes) is 3. The Balaban J connectivity index is 0.00000625. The van der Waals surface area contributed by atoms with Crippen LogP contribution in [-0.2, 0) is 4.79 Å². The molecular formula is C20H33NaO5. The smallest absolute Gasteiger partial charge is 0.550 e. The zero-order valence-corrected chi connectivity index (χ0v) is 18.2. The van der Waals surface area contributed by atoms with Gasteiger partial charge >= 0.3 is 29.6 Å². The molecule has 0 spiro atoms. The van der Waals surface area contributed by atoms with E-state index in [9.17, 15) is 25.2 Å². The summed E-state index contributed by atoms with van der Waals surface area (Å²) in [7, 11) is 0. The summed E-state index contributed by atoms with van der Waals surface area (Å²) in [6, 6.07) is 0. The minimum atomic E-state index is -1.04. The van der Waals surface area contributed by atoms with Crippen LogP contribution in [0.1, 0.15) is 64.7 Å². The zero-order chi connectivity index (χ0) is 18.7. The number of aliphatic carboxylic acids is 1. The molecule has 0 radical (unpaired) electrons. The number of rotatable bonds is 12. The van der Waals surface area contributed by atoms with Crippen molar-refractivity contribution in [2.75, 3.05) is 0 Å². The maximum absolute atomic E-state index is 10.3. The van der Waals surface area contributed by atoms with Gasteiger partial charge in [0.15, 0.2) is 0 Å². The minimum absolute atomic E-state index is 0. The molecule has 0 aromatic heterocycles. The van der Waals surface area contributed by atoms with Crippen LogP contribution in [0.25, 0.3) is 0 Å². The van der Waals surface area contributed by atoms with Crippen LogP contribution >= 0.6 is 0 Å². The van der Waals surface area contributed by atoms with E-state index < -0.39 is 24.3 Å². The molecule has 5 atom stereocenters. The summed E-state index contributed by atoms with van der Waals surface area (Å²) in [4.78, 5) is 10.3. The molecule has 5 nitrogen and oxygen atoms in total. The Labute approximate surface area is 179 Å². The van der Waals surface area contributed by atoms with E-state index in [0.29, 0.717) is 25.7 Å². The van der Waals surface area contributed by atoms with Crippen molar-refractivity contribution >= 4 is 5.97 Å². The number of carboxylic acids is 1. The van der Waals surface area contributed by atoms with Gasteiger partial charge in [-0.2, -0.15) is 0 Å². The van der Waals surface area contributed by atoms with Crippen LogP contribution in [0.3, 0.4) is 0 Å². The molecule has 0 aliphatic heterocycles. The number of carbonyl (C=O) groups is 1. The number of aliphatic hydroxyl groups is 3. The van der Waals surface area contributed by atoms with E-state index in [0.717, 1.165) is 25.7 Å². The van der Waals surface area contributed by atoms with Crippen LogP contribution in [0.4, 0.5) is 0 Å². The molecule has 1 fully saturated rings.